The number of hydrogen-bond acceptors (Lipinski definition) is 4. The van der Waals surface area contributed by atoms with Crippen LogP contribution < -0.4 is 5.73 Å². The molecule has 1 unspecified atom stereocenters. The van der Waals surface area contributed by atoms with Crippen molar-refractivity contribution in [1.82, 2.24) is 0 Å². The van der Waals surface area contributed by atoms with Crippen LogP contribution in [0.3, 0.4) is 0 Å². The Morgan fingerprint density at radius 1 is 1.23 bits per heavy atom. The zero-order chi connectivity index (χ0) is 9.31. The van der Waals surface area contributed by atoms with Gasteiger partial charge in [0.25, 0.3) is 0 Å². The molecule has 0 bridgehead atoms. The van der Waals surface area contributed by atoms with Gasteiger partial charge in [-0.25, -0.2) is 0 Å². The van der Waals surface area contributed by atoms with Crippen LogP contribution in [0.5, 0.6) is 0 Å². The van der Waals surface area contributed by atoms with Gasteiger partial charge in [-0.2, -0.15) is 0 Å². The van der Waals surface area contributed by atoms with E-state index in [1.807, 2.05) is 0 Å². The van der Waals surface area contributed by atoms with E-state index in [1.165, 1.54) is 0 Å². The Kier molecular flexibility index (Phi) is 2.55. The molecule has 0 aromatic carbocycles. The monoisotopic (exact) mass is 187 g/mol. The van der Waals surface area contributed by atoms with Gasteiger partial charge in [0.1, 0.15) is 5.60 Å². The van der Waals surface area contributed by atoms with Crippen molar-refractivity contribution in [3.63, 3.8) is 0 Å². The second-order valence-corrected chi connectivity index (χ2v) is 4.07. The van der Waals surface area contributed by atoms with E-state index in [0.717, 1.165) is 26.1 Å². The van der Waals surface area contributed by atoms with Gasteiger partial charge in [-0.1, -0.05) is 0 Å². The Bertz CT molecular complexity index is 176. The van der Waals surface area contributed by atoms with Gasteiger partial charge in [0.2, 0.25) is 0 Å². The second-order valence-electron chi connectivity index (χ2n) is 4.07. The summed E-state index contributed by atoms with van der Waals surface area (Å²) < 4.78 is 10.2. The van der Waals surface area contributed by atoms with Crippen molar-refractivity contribution in [2.45, 2.75) is 24.5 Å². The van der Waals surface area contributed by atoms with Crippen molar-refractivity contribution in [3.05, 3.63) is 0 Å². The summed E-state index contributed by atoms with van der Waals surface area (Å²) in [6.07, 6.45) is 1.92. The fraction of sp³-hybridized carbons (Fsp3) is 1.00. The second kappa shape index (κ2) is 3.53. The molecule has 2 heterocycles. The third-order valence-electron chi connectivity index (χ3n) is 3.10. The Balaban J connectivity index is 1.90. The van der Waals surface area contributed by atoms with Crippen LogP contribution in [-0.4, -0.2) is 43.2 Å². The van der Waals surface area contributed by atoms with E-state index in [0.29, 0.717) is 19.1 Å². The van der Waals surface area contributed by atoms with E-state index < -0.39 is 5.60 Å². The zero-order valence-electron chi connectivity index (χ0n) is 7.74. The van der Waals surface area contributed by atoms with Gasteiger partial charge in [0.15, 0.2) is 0 Å². The average molecular weight is 187 g/mol. The molecule has 13 heavy (non-hydrogen) atoms. The molecule has 0 aromatic rings. The van der Waals surface area contributed by atoms with Crippen molar-refractivity contribution < 1.29 is 14.6 Å². The summed E-state index contributed by atoms with van der Waals surface area (Å²) in [6.45, 7) is 2.33. The van der Waals surface area contributed by atoms with E-state index >= 15 is 0 Å². The molecule has 1 atom stereocenters. The molecule has 4 heteroatoms. The largest absolute Gasteiger partial charge is 0.383 e. The van der Waals surface area contributed by atoms with Crippen LogP contribution in [-0.2, 0) is 9.47 Å². The normalized spacial score (nSPS) is 30.9. The van der Waals surface area contributed by atoms with Crippen LogP contribution in [0.15, 0.2) is 0 Å². The lowest BCUT2D eigenvalue weighted by molar-refractivity contribution is -0.199. The van der Waals surface area contributed by atoms with Crippen molar-refractivity contribution >= 4 is 0 Å². The fourth-order valence-electron chi connectivity index (χ4n) is 2.02. The summed E-state index contributed by atoms with van der Waals surface area (Å²) in [4.78, 5) is 0. The van der Waals surface area contributed by atoms with E-state index in [4.69, 9.17) is 15.2 Å². The number of aliphatic hydroxyl groups is 1. The van der Waals surface area contributed by atoms with Gasteiger partial charge in [0.05, 0.1) is 13.2 Å². The van der Waals surface area contributed by atoms with Gasteiger partial charge in [-0.3, -0.25) is 0 Å². The smallest absolute Gasteiger partial charge is 0.126 e. The quantitative estimate of drug-likeness (QED) is 0.612. The predicted octanol–water partition coefficient (Wildman–Crippen LogP) is -0.498. The first-order chi connectivity index (χ1) is 6.22. The highest BCUT2D eigenvalue weighted by Crippen LogP contribution is 2.29. The predicted molar refractivity (Wildman–Crippen MR) is 47.3 cm³/mol. The molecule has 4 nitrogen and oxygen atoms in total. The molecule has 2 fully saturated rings. The maximum absolute atomic E-state index is 9.94. The molecular weight excluding hydrogens is 170 g/mol. The Morgan fingerprint density at radius 2 is 1.85 bits per heavy atom. The Morgan fingerprint density at radius 3 is 2.31 bits per heavy atom. The maximum Gasteiger partial charge on any atom is 0.126 e. The van der Waals surface area contributed by atoms with Crippen LogP contribution in [0.4, 0.5) is 0 Å². The third kappa shape index (κ3) is 1.72. The van der Waals surface area contributed by atoms with E-state index in [1.54, 1.807) is 0 Å². The summed E-state index contributed by atoms with van der Waals surface area (Å²) in [7, 11) is 0. The summed E-state index contributed by atoms with van der Waals surface area (Å²) in [6, 6.07) is -0.148. The Hall–Kier alpha value is -0.160. The lowest BCUT2D eigenvalue weighted by Gasteiger charge is -2.44. The van der Waals surface area contributed by atoms with E-state index in [2.05, 4.69) is 0 Å². The fourth-order valence-corrected chi connectivity index (χ4v) is 2.02. The highest BCUT2D eigenvalue weighted by Gasteiger charge is 2.45. The van der Waals surface area contributed by atoms with Gasteiger partial charge < -0.3 is 20.3 Å². The molecule has 0 saturated carbocycles. The lowest BCUT2D eigenvalue weighted by atomic mass is 9.80. The average Bonchev–Trinajstić information content (AvgIpc) is 2.14. The van der Waals surface area contributed by atoms with Crippen LogP contribution in [0, 0.1) is 5.92 Å². The lowest BCUT2D eigenvalue weighted by Crippen LogP contribution is -2.64. The molecule has 2 aliphatic rings. The van der Waals surface area contributed by atoms with Crippen molar-refractivity contribution in [3.8, 4) is 0 Å². The number of hydrogen-bond donors (Lipinski definition) is 2. The van der Waals surface area contributed by atoms with Gasteiger partial charge in [-0.05, 0) is 18.8 Å². The van der Waals surface area contributed by atoms with E-state index in [9.17, 15) is 5.11 Å². The van der Waals surface area contributed by atoms with Crippen molar-refractivity contribution in [2.24, 2.45) is 11.7 Å². The molecule has 0 radical (unpaired) electrons. The molecule has 0 amide bonds. The van der Waals surface area contributed by atoms with Crippen LogP contribution in [0.25, 0.3) is 0 Å². The topological polar surface area (TPSA) is 64.7 Å². The maximum atomic E-state index is 9.94. The molecule has 76 valence electrons. The van der Waals surface area contributed by atoms with Gasteiger partial charge >= 0.3 is 0 Å². The van der Waals surface area contributed by atoms with Crippen LogP contribution in [0.2, 0.25) is 0 Å². The molecule has 0 aliphatic carbocycles. The minimum Gasteiger partial charge on any atom is -0.383 e. The van der Waals surface area contributed by atoms with Crippen LogP contribution >= 0.6 is 0 Å². The molecule has 3 N–H and O–H groups in total. The van der Waals surface area contributed by atoms with E-state index in [-0.39, 0.29) is 6.04 Å². The minimum atomic E-state index is -0.762. The molecule has 0 aromatic heterocycles. The van der Waals surface area contributed by atoms with Gasteiger partial charge in [0, 0.05) is 19.3 Å². The molecule has 2 aliphatic heterocycles. The molecule has 2 rings (SSSR count). The standard InChI is InChI=1S/C9H17NO3/c10-8(9(11)5-13-6-9)7-1-3-12-4-2-7/h7-8,11H,1-6,10H2. The van der Waals surface area contributed by atoms with Crippen LogP contribution in [0.1, 0.15) is 12.8 Å². The van der Waals surface area contributed by atoms with Crippen molar-refractivity contribution in [2.75, 3.05) is 26.4 Å². The minimum absolute atomic E-state index is 0.148. The van der Waals surface area contributed by atoms with Gasteiger partial charge in [-0.15, -0.1) is 0 Å². The first-order valence-corrected chi connectivity index (χ1v) is 4.86. The molecule has 2 saturated heterocycles. The molecule has 0 spiro atoms. The number of nitrogens with two attached hydrogens (primary N) is 1. The SMILES string of the molecule is NC(C1CCOCC1)C1(O)COC1. The molecular formula is C9H17NO3. The Labute approximate surface area is 78.0 Å². The summed E-state index contributed by atoms with van der Waals surface area (Å²) in [5.41, 5.74) is 5.24. The first kappa shape index (κ1) is 9.40. The highest BCUT2D eigenvalue weighted by atomic mass is 16.5. The first-order valence-electron chi connectivity index (χ1n) is 4.86. The van der Waals surface area contributed by atoms with Crippen molar-refractivity contribution in [1.29, 1.82) is 0 Å². The zero-order valence-corrected chi connectivity index (χ0v) is 7.74. The highest BCUT2D eigenvalue weighted by molar-refractivity contribution is 4.98. The third-order valence-corrected chi connectivity index (χ3v) is 3.10. The number of rotatable bonds is 2. The number of ether oxygens (including phenoxy) is 2. The summed E-state index contributed by atoms with van der Waals surface area (Å²) in [5, 5.41) is 9.94. The summed E-state index contributed by atoms with van der Waals surface area (Å²) >= 11 is 0. The summed E-state index contributed by atoms with van der Waals surface area (Å²) in [5.74, 6) is 0.391.